The SMILES string of the molecule is CC(C)(C)n1nc(Cc2ccccc2)c2c1CCNC2. The van der Waals surface area contributed by atoms with Crippen LogP contribution in [0.2, 0.25) is 0 Å². The van der Waals surface area contributed by atoms with Crippen molar-refractivity contribution in [3.63, 3.8) is 0 Å². The topological polar surface area (TPSA) is 29.9 Å². The Hall–Kier alpha value is -1.61. The maximum absolute atomic E-state index is 4.94. The Bertz CT molecular complexity index is 591. The molecule has 2 heterocycles. The highest BCUT2D eigenvalue weighted by molar-refractivity contribution is 5.33. The molecule has 0 amide bonds. The summed E-state index contributed by atoms with van der Waals surface area (Å²) in [6.45, 7) is 8.70. The number of nitrogens with zero attached hydrogens (tertiary/aromatic N) is 2. The molecule has 0 fully saturated rings. The van der Waals surface area contributed by atoms with Crippen LogP contribution >= 0.6 is 0 Å². The van der Waals surface area contributed by atoms with Crippen LogP contribution in [0.15, 0.2) is 30.3 Å². The van der Waals surface area contributed by atoms with Crippen LogP contribution in [-0.2, 0) is 24.9 Å². The van der Waals surface area contributed by atoms with E-state index in [-0.39, 0.29) is 5.54 Å². The maximum Gasteiger partial charge on any atom is 0.0716 e. The number of rotatable bonds is 2. The second-order valence-corrected chi connectivity index (χ2v) is 6.54. The van der Waals surface area contributed by atoms with Gasteiger partial charge in [-0.1, -0.05) is 30.3 Å². The third-order valence-electron chi connectivity index (χ3n) is 3.86. The van der Waals surface area contributed by atoms with Crippen molar-refractivity contribution in [1.29, 1.82) is 0 Å². The van der Waals surface area contributed by atoms with E-state index < -0.39 is 0 Å². The van der Waals surface area contributed by atoms with Gasteiger partial charge in [-0.25, -0.2) is 0 Å². The van der Waals surface area contributed by atoms with Crippen LogP contribution in [0.3, 0.4) is 0 Å². The molecule has 3 heteroatoms. The first-order valence-corrected chi connectivity index (χ1v) is 7.40. The van der Waals surface area contributed by atoms with Gasteiger partial charge in [-0.15, -0.1) is 0 Å². The van der Waals surface area contributed by atoms with Crippen molar-refractivity contribution in [3.8, 4) is 0 Å². The summed E-state index contributed by atoms with van der Waals surface area (Å²) in [5.41, 5.74) is 5.45. The predicted octanol–water partition coefficient (Wildman–Crippen LogP) is 2.87. The minimum Gasteiger partial charge on any atom is -0.312 e. The molecule has 0 aliphatic carbocycles. The summed E-state index contributed by atoms with van der Waals surface area (Å²) in [5, 5.41) is 8.41. The second-order valence-electron chi connectivity index (χ2n) is 6.54. The summed E-state index contributed by atoms with van der Waals surface area (Å²) in [5.74, 6) is 0. The fourth-order valence-corrected chi connectivity index (χ4v) is 2.90. The van der Waals surface area contributed by atoms with Gasteiger partial charge in [0.15, 0.2) is 0 Å². The number of fused-ring (bicyclic) bond motifs is 1. The quantitative estimate of drug-likeness (QED) is 0.908. The normalized spacial score (nSPS) is 15.2. The van der Waals surface area contributed by atoms with Gasteiger partial charge in [0.2, 0.25) is 0 Å². The van der Waals surface area contributed by atoms with E-state index in [1.165, 1.54) is 22.5 Å². The lowest BCUT2D eigenvalue weighted by molar-refractivity contribution is 0.338. The Morgan fingerprint density at radius 1 is 1.20 bits per heavy atom. The molecule has 1 N–H and O–H groups in total. The molecule has 20 heavy (non-hydrogen) atoms. The molecule has 3 nitrogen and oxygen atoms in total. The number of aromatic nitrogens is 2. The van der Waals surface area contributed by atoms with Gasteiger partial charge in [0.05, 0.1) is 11.2 Å². The van der Waals surface area contributed by atoms with Gasteiger partial charge in [-0.05, 0) is 26.3 Å². The van der Waals surface area contributed by atoms with Crippen LogP contribution < -0.4 is 5.32 Å². The first-order valence-electron chi connectivity index (χ1n) is 7.40. The predicted molar refractivity (Wildman–Crippen MR) is 81.9 cm³/mol. The molecule has 0 atom stereocenters. The molecule has 1 aromatic heterocycles. The zero-order chi connectivity index (χ0) is 14.2. The average Bonchev–Trinajstić information content (AvgIpc) is 2.79. The molecule has 0 bridgehead atoms. The average molecular weight is 269 g/mol. The van der Waals surface area contributed by atoms with E-state index in [0.717, 1.165) is 25.9 Å². The third-order valence-corrected chi connectivity index (χ3v) is 3.86. The van der Waals surface area contributed by atoms with E-state index in [1.54, 1.807) is 0 Å². The number of benzene rings is 1. The molecule has 106 valence electrons. The van der Waals surface area contributed by atoms with Crippen molar-refractivity contribution >= 4 is 0 Å². The molecule has 0 saturated heterocycles. The Morgan fingerprint density at radius 3 is 2.65 bits per heavy atom. The van der Waals surface area contributed by atoms with Crippen LogP contribution in [0.25, 0.3) is 0 Å². The molecule has 1 aromatic carbocycles. The van der Waals surface area contributed by atoms with E-state index in [1.807, 2.05) is 0 Å². The minimum absolute atomic E-state index is 0.0519. The minimum atomic E-state index is 0.0519. The molecule has 1 aliphatic heterocycles. The molecule has 0 radical (unpaired) electrons. The van der Waals surface area contributed by atoms with E-state index >= 15 is 0 Å². The molecule has 0 unspecified atom stereocenters. The zero-order valence-corrected chi connectivity index (χ0v) is 12.6. The van der Waals surface area contributed by atoms with Gasteiger partial charge in [-0.3, -0.25) is 4.68 Å². The van der Waals surface area contributed by atoms with Crippen LogP contribution in [-0.4, -0.2) is 16.3 Å². The summed E-state index contributed by atoms with van der Waals surface area (Å²) in [4.78, 5) is 0. The number of nitrogens with one attached hydrogen (secondary N) is 1. The first kappa shape index (κ1) is 13.4. The van der Waals surface area contributed by atoms with Crippen molar-refractivity contribution in [2.45, 2.75) is 45.7 Å². The van der Waals surface area contributed by atoms with Gasteiger partial charge in [0.25, 0.3) is 0 Å². The smallest absolute Gasteiger partial charge is 0.0716 e. The summed E-state index contributed by atoms with van der Waals surface area (Å²) >= 11 is 0. The molecule has 3 rings (SSSR count). The van der Waals surface area contributed by atoms with Gasteiger partial charge in [-0.2, -0.15) is 5.10 Å². The van der Waals surface area contributed by atoms with E-state index in [0.29, 0.717) is 0 Å². The van der Waals surface area contributed by atoms with Gasteiger partial charge in [0, 0.05) is 37.2 Å². The van der Waals surface area contributed by atoms with Gasteiger partial charge in [0.1, 0.15) is 0 Å². The Balaban J connectivity index is 2.01. The zero-order valence-electron chi connectivity index (χ0n) is 12.6. The van der Waals surface area contributed by atoms with Crippen molar-refractivity contribution in [1.82, 2.24) is 15.1 Å². The Kier molecular flexibility index (Phi) is 3.38. The van der Waals surface area contributed by atoms with E-state index in [9.17, 15) is 0 Å². The molecular weight excluding hydrogens is 246 g/mol. The van der Waals surface area contributed by atoms with E-state index in [2.05, 4.69) is 61.1 Å². The molecule has 0 saturated carbocycles. The Labute approximate surface area is 121 Å². The molecule has 2 aromatic rings. The lowest BCUT2D eigenvalue weighted by atomic mass is 10.0. The molecule has 0 spiro atoms. The fraction of sp³-hybridized carbons (Fsp3) is 0.471. The lowest BCUT2D eigenvalue weighted by Crippen LogP contribution is -2.30. The van der Waals surface area contributed by atoms with Crippen LogP contribution in [0.5, 0.6) is 0 Å². The van der Waals surface area contributed by atoms with Crippen molar-refractivity contribution in [3.05, 3.63) is 52.8 Å². The lowest BCUT2D eigenvalue weighted by Gasteiger charge is -2.24. The highest BCUT2D eigenvalue weighted by Crippen LogP contribution is 2.26. The largest absolute Gasteiger partial charge is 0.312 e. The fourth-order valence-electron chi connectivity index (χ4n) is 2.90. The van der Waals surface area contributed by atoms with Crippen LogP contribution in [0.1, 0.15) is 43.3 Å². The van der Waals surface area contributed by atoms with Crippen molar-refractivity contribution in [2.24, 2.45) is 0 Å². The number of hydrogen-bond donors (Lipinski definition) is 1. The highest BCUT2D eigenvalue weighted by atomic mass is 15.3. The van der Waals surface area contributed by atoms with Crippen molar-refractivity contribution < 1.29 is 0 Å². The third kappa shape index (κ3) is 2.50. The van der Waals surface area contributed by atoms with Gasteiger partial charge < -0.3 is 5.32 Å². The highest BCUT2D eigenvalue weighted by Gasteiger charge is 2.26. The summed E-state index contributed by atoms with van der Waals surface area (Å²) in [6, 6.07) is 10.6. The summed E-state index contributed by atoms with van der Waals surface area (Å²) in [7, 11) is 0. The van der Waals surface area contributed by atoms with Gasteiger partial charge >= 0.3 is 0 Å². The molecule has 1 aliphatic rings. The van der Waals surface area contributed by atoms with E-state index in [4.69, 9.17) is 5.10 Å². The maximum atomic E-state index is 4.94. The number of hydrogen-bond acceptors (Lipinski definition) is 2. The summed E-state index contributed by atoms with van der Waals surface area (Å²) in [6.07, 6.45) is 2.00. The van der Waals surface area contributed by atoms with Crippen molar-refractivity contribution in [2.75, 3.05) is 6.54 Å². The second kappa shape index (κ2) is 5.06. The summed E-state index contributed by atoms with van der Waals surface area (Å²) < 4.78 is 2.24. The monoisotopic (exact) mass is 269 g/mol. The Morgan fingerprint density at radius 2 is 1.95 bits per heavy atom. The first-order chi connectivity index (χ1) is 9.55. The van der Waals surface area contributed by atoms with Crippen LogP contribution in [0, 0.1) is 0 Å². The van der Waals surface area contributed by atoms with Crippen LogP contribution in [0.4, 0.5) is 0 Å². The molecular formula is C17H23N3. The standard InChI is InChI=1S/C17H23N3/c1-17(2,3)20-16-9-10-18-12-14(16)15(19-20)11-13-7-5-4-6-8-13/h4-8,18H,9-12H2,1-3H3.